The van der Waals surface area contributed by atoms with Crippen LogP contribution in [-0.2, 0) is 9.59 Å². The van der Waals surface area contributed by atoms with Crippen LogP contribution in [0.2, 0.25) is 0 Å². The second-order valence-electron chi connectivity index (χ2n) is 2.75. The average Bonchev–Trinajstić information content (AvgIpc) is 1.99. The number of nitrogens with two attached hydrogens (primary N) is 1. The van der Waals surface area contributed by atoms with E-state index in [1.165, 1.54) is 0 Å². The predicted molar refractivity (Wildman–Crippen MR) is 46.3 cm³/mol. The van der Waals surface area contributed by atoms with Crippen molar-refractivity contribution in [3.63, 3.8) is 0 Å². The highest BCUT2D eigenvalue weighted by Crippen LogP contribution is 1.94. The van der Waals surface area contributed by atoms with Crippen molar-refractivity contribution in [1.82, 2.24) is 5.32 Å². The monoisotopic (exact) mass is 172 g/mol. The first kappa shape index (κ1) is 11.1. The number of nitrogens with one attached hydrogen (secondary N) is 1. The number of Topliss-reactive ketones (excluding diaryl/α,β-unsaturated/α-hetero) is 1. The van der Waals surface area contributed by atoms with E-state index in [9.17, 15) is 9.59 Å². The van der Waals surface area contributed by atoms with Crippen molar-refractivity contribution in [2.45, 2.75) is 39.3 Å². The summed E-state index contributed by atoms with van der Waals surface area (Å²) in [5, 5.41) is 2.51. The smallest absolute Gasteiger partial charge is 0.221 e. The molecule has 0 aliphatic carbocycles. The molecule has 0 spiro atoms. The first-order valence-electron chi connectivity index (χ1n) is 4.13. The Morgan fingerprint density at radius 2 is 2.00 bits per heavy atom. The van der Waals surface area contributed by atoms with E-state index in [1.54, 1.807) is 13.8 Å². The van der Waals surface area contributed by atoms with Crippen LogP contribution in [0.4, 0.5) is 0 Å². The van der Waals surface area contributed by atoms with Gasteiger partial charge in [-0.25, -0.2) is 0 Å². The second-order valence-corrected chi connectivity index (χ2v) is 2.75. The van der Waals surface area contributed by atoms with Gasteiger partial charge in [0.2, 0.25) is 5.91 Å². The summed E-state index contributed by atoms with van der Waals surface area (Å²) in [7, 11) is 0. The van der Waals surface area contributed by atoms with E-state index in [0.717, 1.165) is 0 Å². The number of carbonyl (C=O) groups excluding carboxylic acids is 2. The molecule has 0 aromatic heterocycles. The Hall–Kier alpha value is -0.900. The number of ketones is 1. The van der Waals surface area contributed by atoms with Crippen molar-refractivity contribution in [2.75, 3.05) is 0 Å². The maximum Gasteiger partial charge on any atom is 0.221 e. The van der Waals surface area contributed by atoms with Gasteiger partial charge in [0, 0.05) is 19.3 Å². The van der Waals surface area contributed by atoms with Crippen molar-refractivity contribution < 1.29 is 9.59 Å². The summed E-state index contributed by atoms with van der Waals surface area (Å²) in [6.07, 6.45) is 0.712. The van der Waals surface area contributed by atoms with Crippen molar-refractivity contribution in [2.24, 2.45) is 5.73 Å². The number of hydrogen-bond acceptors (Lipinski definition) is 3. The van der Waals surface area contributed by atoms with Crippen molar-refractivity contribution in [3.05, 3.63) is 0 Å². The van der Waals surface area contributed by atoms with Crippen LogP contribution in [0.15, 0.2) is 0 Å². The lowest BCUT2D eigenvalue weighted by atomic mass is 10.2. The van der Waals surface area contributed by atoms with Gasteiger partial charge in [-0.2, -0.15) is 0 Å². The Kier molecular flexibility index (Phi) is 5.28. The summed E-state index contributed by atoms with van der Waals surface area (Å²) in [4.78, 5) is 21.7. The molecule has 0 aromatic rings. The minimum absolute atomic E-state index is 0.106. The van der Waals surface area contributed by atoms with Crippen molar-refractivity contribution in [3.8, 4) is 0 Å². The molecule has 0 heterocycles. The minimum atomic E-state index is -0.339. The highest BCUT2D eigenvalue weighted by atomic mass is 16.2. The van der Waals surface area contributed by atoms with E-state index >= 15 is 0 Å². The third-order valence-electron chi connectivity index (χ3n) is 1.41. The molecule has 0 saturated heterocycles. The lowest BCUT2D eigenvalue weighted by Gasteiger charge is -2.06. The Balaban J connectivity index is 3.51. The zero-order chi connectivity index (χ0) is 9.56. The summed E-state index contributed by atoms with van der Waals surface area (Å²) in [5.41, 5.74) is 5.32. The molecular formula is C8H16N2O2. The van der Waals surface area contributed by atoms with Gasteiger partial charge in [0.05, 0.1) is 6.17 Å². The molecule has 0 bridgehead atoms. The van der Waals surface area contributed by atoms with Gasteiger partial charge in [-0.1, -0.05) is 6.92 Å². The lowest BCUT2D eigenvalue weighted by Crippen LogP contribution is -2.38. The fourth-order valence-electron chi connectivity index (χ4n) is 0.756. The van der Waals surface area contributed by atoms with Crippen LogP contribution in [-0.4, -0.2) is 17.9 Å². The molecule has 0 aromatic carbocycles. The molecule has 12 heavy (non-hydrogen) atoms. The predicted octanol–water partition coefficient (Wildman–Crippen LogP) is 0.167. The van der Waals surface area contributed by atoms with E-state index in [4.69, 9.17) is 5.73 Å². The third kappa shape index (κ3) is 5.85. The molecule has 0 fully saturated rings. The van der Waals surface area contributed by atoms with Crippen LogP contribution in [0, 0.1) is 0 Å². The van der Waals surface area contributed by atoms with Crippen molar-refractivity contribution in [1.29, 1.82) is 0 Å². The van der Waals surface area contributed by atoms with E-state index in [1.807, 2.05) is 0 Å². The average molecular weight is 172 g/mol. The van der Waals surface area contributed by atoms with Gasteiger partial charge in [0.1, 0.15) is 5.78 Å². The maximum atomic E-state index is 10.9. The number of rotatable bonds is 5. The standard InChI is InChI=1S/C8H16N2O2/c1-3-7(11)4-5-8(12)10-6(2)9/h6H,3-5,9H2,1-2H3,(H,10,12). The molecule has 1 atom stereocenters. The Morgan fingerprint density at radius 1 is 1.42 bits per heavy atom. The van der Waals surface area contributed by atoms with Crippen LogP contribution in [0.25, 0.3) is 0 Å². The molecule has 4 heteroatoms. The zero-order valence-corrected chi connectivity index (χ0v) is 7.59. The van der Waals surface area contributed by atoms with Gasteiger partial charge >= 0.3 is 0 Å². The van der Waals surface area contributed by atoms with E-state index in [0.29, 0.717) is 12.8 Å². The van der Waals surface area contributed by atoms with E-state index < -0.39 is 0 Å². The number of carbonyl (C=O) groups is 2. The number of amides is 1. The molecule has 0 aliphatic rings. The number of hydrogen-bond donors (Lipinski definition) is 2. The fraction of sp³-hybridized carbons (Fsp3) is 0.750. The summed E-state index contributed by atoms with van der Waals surface area (Å²) in [5.74, 6) is -0.0541. The summed E-state index contributed by atoms with van der Waals surface area (Å²) in [6, 6.07) is 0. The summed E-state index contributed by atoms with van der Waals surface area (Å²) >= 11 is 0. The second kappa shape index (κ2) is 5.71. The molecule has 70 valence electrons. The van der Waals surface area contributed by atoms with Crippen molar-refractivity contribution >= 4 is 11.7 Å². The van der Waals surface area contributed by atoms with Crippen LogP contribution >= 0.6 is 0 Å². The summed E-state index contributed by atoms with van der Waals surface area (Å²) in [6.45, 7) is 3.46. The maximum absolute atomic E-state index is 10.9. The zero-order valence-electron chi connectivity index (χ0n) is 7.59. The SMILES string of the molecule is CCC(=O)CCC(=O)NC(C)N. The van der Waals surface area contributed by atoms with E-state index in [2.05, 4.69) is 5.32 Å². The normalized spacial score (nSPS) is 12.2. The molecule has 1 unspecified atom stereocenters. The largest absolute Gasteiger partial charge is 0.341 e. The van der Waals surface area contributed by atoms with Crippen LogP contribution in [0.5, 0.6) is 0 Å². The van der Waals surface area contributed by atoms with Crippen LogP contribution in [0.1, 0.15) is 33.1 Å². The Morgan fingerprint density at radius 3 is 2.42 bits per heavy atom. The van der Waals surface area contributed by atoms with E-state index in [-0.39, 0.29) is 24.3 Å². The molecule has 1 amide bonds. The molecule has 0 saturated carbocycles. The van der Waals surface area contributed by atoms with Gasteiger partial charge < -0.3 is 11.1 Å². The topological polar surface area (TPSA) is 72.2 Å². The Labute approximate surface area is 72.5 Å². The molecule has 0 radical (unpaired) electrons. The summed E-state index contributed by atoms with van der Waals surface area (Å²) < 4.78 is 0. The highest BCUT2D eigenvalue weighted by molar-refractivity contribution is 5.84. The third-order valence-corrected chi connectivity index (χ3v) is 1.41. The lowest BCUT2D eigenvalue weighted by molar-refractivity contribution is -0.125. The minimum Gasteiger partial charge on any atom is -0.341 e. The van der Waals surface area contributed by atoms with Gasteiger partial charge in [-0.15, -0.1) is 0 Å². The van der Waals surface area contributed by atoms with Crippen LogP contribution < -0.4 is 11.1 Å². The first-order chi connectivity index (χ1) is 5.56. The van der Waals surface area contributed by atoms with Gasteiger partial charge in [-0.3, -0.25) is 9.59 Å². The fourth-order valence-corrected chi connectivity index (χ4v) is 0.756. The molecule has 3 N–H and O–H groups in total. The highest BCUT2D eigenvalue weighted by Gasteiger charge is 2.05. The molecular weight excluding hydrogens is 156 g/mol. The first-order valence-corrected chi connectivity index (χ1v) is 4.13. The van der Waals surface area contributed by atoms with Crippen LogP contribution in [0.3, 0.4) is 0 Å². The quantitative estimate of drug-likeness (QED) is 0.580. The molecule has 4 nitrogen and oxygen atoms in total. The van der Waals surface area contributed by atoms with Gasteiger partial charge in [0.25, 0.3) is 0 Å². The van der Waals surface area contributed by atoms with Gasteiger partial charge in [-0.05, 0) is 6.92 Å². The molecule has 0 rings (SSSR count). The van der Waals surface area contributed by atoms with Gasteiger partial charge in [0.15, 0.2) is 0 Å². The Bertz CT molecular complexity index is 166. The molecule has 0 aliphatic heterocycles.